The van der Waals surface area contributed by atoms with Crippen molar-refractivity contribution in [2.45, 2.75) is 39.3 Å². The Hall–Kier alpha value is -3.07. The molecular formula is C24H33N3O5S. The molecule has 1 unspecified atom stereocenters. The van der Waals surface area contributed by atoms with Crippen LogP contribution in [0.15, 0.2) is 54.6 Å². The molecule has 0 heterocycles. The summed E-state index contributed by atoms with van der Waals surface area (Å²) in [5, 5.41) is 2.82. The van der Waals surface area contributed by atoms with Crippen LogP contribution < -0.4 is 14.4 Å². The molecule has 0 spiro atoms. The molecule has 0 saturated carbocycles. The van der Waals surface area contributed by atoms with Gasteiger partial charge >= 0.3 is 0 Å². The molecule has 8 nitrogen and oxygen atoms in total. The van der Waals surface area contributed by atoms with Crippen molar-refractivity contribution in [3.63, 3.8) is 0 Å². The van der Waals surface area contributed by atoms with E-state index in [1.54, 1.807) is 31.2 Å². The highest BCUT2D eigenvalue weighted by Gasteiger charge is 2.30. The fraction of sp³-hybridized carbons (Fsp3) is 0.417. The van der Waals surface area contributed by atoms with Crippen molar-refractivity contribution in [2.75, 3.05) is 30.8 Å². The fourth-order valence-corrected chi connectivity index (χ4v) is 4.26. The summed E-state index contributed by atoms with van der Waals surface area (Å²) in [6, 6.07) is 15.3. The van der Waals surface area contributed by atoms with E-state index in [0.717, 1.165) is 16.1 Å². The van der Waals surface area contributed by atoms with Crippen LogP contribution in [0.4, 0.5) is 5.69 Å². The Labute approximate surface area is 196 Å². The molecule has 180 valence electrons. The Balaban J connectivity index is 2.34. The van der Waals surface area contributed by atoms with Gasteiger partial charge in [0.2, 0.25) is 21.8 Å². The van der Waals surface area contributed by atoms with E-state index in [0.29, 0.717) is 12.2 Å². The molecule has 0 bridgehead atoms. The van der Waals surface area contributed by atoms with Crippen LogP contribution in [0.5, 0.6) is 5.75 Å². The largest absolute Gasteiger partial charge is 0.495 e. The number of methoxy groups -OCH3 is 1. The number of carbonyl (C=O) groups excluding carboxylic acids is 2. The first kappa shape index (κ1) is 26.2. The number of rotatable bonds is 11. The van der Waals surface area contributed by atoms with E-state index in [4.69, 9.17) is 4.74 Å². The molecule has 0 aliphatic heterocycles. The highest BCUT2D eigenvalue weighted by molar-refractivity contribution is 7.92. The van der Waals surface area contributed by atoms with Gasteiger partial charge in [0.05, 0.1) is 19.1 Å². The van der Waals surface area contributed by atoms with Gasteiger partial charge in [-0.25, -0.2) is 8.42 Å². The second-order valence-electron chi connectivity index (χ2n) is 8.10. The summed E-state index contributed by atoms with van der Waals surface area (Å²) in [6.07, 6.45) is 1.56. The van der Waals surface area contributed by atoms with Gasteiger partial charge in [-0.2, -0.15) is 0 Å². The summed E-state index contributed by atoms with van der Waals surface area (Å²) < 4.78 is 31.5. The zero-order valence-electron chi connectivity index (χ0n) is 19.8. The quantitative estimate of drug-likeness (QED) is 0.539. The monoisotopic (exact) mass is 475 g/mol. The highest BCUT2D eigenvalue weighted by atomic mass is 32.2. The van der Waals surface area contributed by atoms with Crippen LogP contribution in [0.25, 0.3) is 0 Å². The molecule has 0 fully saturated rings. The van der Waals surface area contributed by atoms with E-state index in [1.807, 2.05) is 44.2 Å². The van der Waals surface area contributed by atoms with Crippen molar-refractivity contribution in [1.82, 2.24) is 10.2 Å². The highest BCUT2D eigenvalue weighted by Crippen LogP contribution is 2.29. The smallest absolute Gasteiger partial charge is 0.244 e. The van der Waals surface area contributed by atoms with E-state index in [9.17, 15) is 18.0 Å². The first-order chi connectivity index (χ1) is 15.5. The number of benzene rings is 2. The average Bonchev–Trinajstić information content (AvgIpc) is 2.77. The molecule has 0 radical (unpaired) electrons. The molecular weight excluding hydrogens is 442 g/mol. The number of carbonyl (C=O) groups is 2. The molecule has 1 N–H and O–H groups in total. The van der Waals surface area contributed by atoms with Gasteiger partial charge in [0, 0.05) is 12.6 Å². The van der Waals surface area contributed by atoms with Crippen molar-refractivity contribution in [1.29, 1.82) is 0 Å². The normalized spacial score (nSPS) is 12.2. The van der Waals surface area contributed by atoms with Crippen LogP contribution in [-0.4, -0.2) is 63.7 Å². The third-order valence-electron chi connectivity index (χ3n) is 5.12. The predicted octanol–water partition coefficient (Wildman–Crippen LogP) is 2.45. The van der Waals surface area contributed by atoms with Crippen LogP contribution in [0.3, 0.4) is 0 Å². The van der Waals surface area contributed by atoms with Gasteiger partial charge in [0.15, 0.2) is 0 Å². The Morgan fingerprint density at radius 3 is 2.18 bits per heavy atom. The first-order valence-electron chi connectivity index (χ1n) is 10.8. The summed E-state index contributed by atoms with van der Waals surface area (Å²) in [6.45, 7) is 5.14. The van der Waals surface area contributed by atoms with E-state index >= 15 is 0 Å². The number of amides is 2. The molecule has 0 aliphatic rings. The molecule has 2 amide bonds. The maximum atomic E-state index is 13.4. The van der Waals surface area contributed by atoms with E-state index in [-0.39, 0.29) is 24.2 Å². The van der Waals surface area contributed by atoms with Gasteiger partial charge < -0.3 is 15.0 Å². The summed E-state index contributed by atoms with van der Waals surface area (Å²) >= 11 is 0. The topological polar surface area (TPSA) is 96.0 Å². The lowest BCUT2D eigenvalue weighted by Crippen LogP contribution is -2.53. The molecule has 2 aromatic rings. The maximum absolute atomic E-state index is 13.4. The van der Waals surface area contributed by atoms with Gasteiger partial charge in [-0.1, -0.05) is 42.5 Å². The molecule has 1 atom stereocenters. The van der Waals surface area contributed by atoms with E-state index in [2.05, 4.69) is 5.32 Å². The number of ether oxygens (including phenoxy) is 1. The molecule has 2 rings (SSSR count). The van der Waals surface area contributed by atoms with Crippen molar-refractivity contribution >= 4 is 27.5 Å². The lowest BCUT2D eigenvalue weighted by Gasteiger charge is -2.32. The van der Waals surface area contributed by atoms with Crippen LogP contribution >= 0.6 is 0 Å². The van der Waals surface area contributed by atoms with Gasteiger partial charge in [-0.05, 0) is 44.9 Å². The second-order valence-corrected chi connectivity index (χ2v) is 10.0. The van der Waals surface area contributed by atoms with Crippen molar-refractivity contribution in [3.05, 3.63) is 60.2 Å². The first-order valence-corrected chi connectivity index (χ1v) is 12.6. The number of nitrogens with one attached hydrogen (secondary N) is 1. The number of sulfonamides is 1. The lowest BCUT2D eigenvalue weighted by molar-refractivity contribution is -0.139. The minimum absolute atomic E-state index is 0.0906. The fourth-order valence-electron chi connectivity index (χ4n) is 3.41. The SMILES string of the molecule is COc1ccccc1N(CC(=O)N(CCc1ccccc1)C(C)C(=O)NC(C)C)S(C)(=O)=O. The van der Waals surface area contributed by atoms with Crippen LogP contribution in [0, 0.1) is 0 Å². The van der Waals surface area contributed by atoms with Gasteiger partial charge in [-0.3, -0.25) is 13.9 Å². The summed E-state index contributed by atoms with van der Waals surface area (Å²) in [5.41, 5.74) is 1.27. The Kier molecular flexibility index (Phi) is 9.28. The molecule has 33 heavy (non-hydrogen) atoms. The lowest BCUT2D eigenvalue weighted by atomic mass is 10.1. The number of hydrogen-bond donors (Lipinski definition) is 1. The van der Waals surface area contributed by atoms with Gasteiger partial charge in [0.1, 0.15) is 18.3 Å². The summed E-state index contributed by atoms with van der Waals surface area (Å²) in [4.78, 5) is 27.6. The predicted molar refractivity (Wildman–Crippen MR) is 130 cm³/mol. The van der Waals surface area contributed by atoms with E-state index < -0.39 is 28.5 Å². The van der Waals surface area contributed by atoms with Crippen molar-refractivity contribution in [2.24, 2.45) is 0 Å². The van der Waals surface area contributed by atoms with Crippen molar-refractivity contribution in [3.8, 4) is 5.75 Å². The molecule has 0 aromatic heterocycles. The minimum atomic E-state index is -3.81. The third kappa shape index (κ3) is 7.49. The average molecular weight is 476 g/mol. The zero-order chi connectivity index (χ0) is 24.6. The van der Waals surface area contributed by atoms with Gasteiger partial charge in [-0.15, -0.1) is 0 Å². The van der Waals surface area contributed by atoms with E-state index in [1.165, 1.54) is 12.0 Å². The number of hydrogen-bond acceptors (Lipinski definition) is 5. The Morgan fingerprint density at radius 2 is 1.61 bits per heavy atom. The minimum Gasteiger partial charge on any atom is -0.495 e. The van der Waals surface area contributed by atoms with Crippen LogP contribution in [0.2, 0.25) is 0 Å². The van der Waals surface area contributed by atoms with Crippen LogP contribution in [0.1, 0.15) is 26.3 Å². The number of anilines is 1. The molecule has 0 aliphatic carbocycles. The number of nitrogens with zero attached hydrogens (tertiary/aromatic N) is 2. The van der Waals surface area contributed by atoms with Crippen LogP contribution in [-0.2, 0) is 26.0 Å². The Morgan fingerprint density at radius 1 is 1.00 bits per heavy atom. The zero-order valence-corrected chi connectivity index (χ0v) is 20.6. The summed E-state index contributed by atoms with van der Waals surface area (Å²) in [5.74, 6) is -0.444. The molecule has 2 aromatic carbocycles. The number of para-hydroxylation sites is 2. The van der Waals surface area contributed by atoms with Crippen molar-refractivity contribution < 1.29 is 22.7 Å². The summed E-state index contributed by atoms with van der Waals surface area (Å²) in [7, 11) is -2.37. The standard InChI is InChI=1S/C24H33N3O5S/c1-18(2)25-24(29)19(3)26(16-15-20-11-7-6-8-12-20)23(28)17-27(33(5,30)31)21-13-9-10-14-22(21)32-4/h6-14,18-19H,15-17H2,1-5H3,(H,25,29). The third-order valence-corrected chi connectivity index (χ3v) is 6.24. The second kappa shape index (κ2) is 11.7. The maximum Gasteiger partial charge on any atom is 0.244 e. The molecule has 9 heteroatoms. The van der Waals surface area contributed by atoms with Gasteiger partial charge in [0.25, 0.3) is 0 Å². The Bertz CT molecular complexity index is 1040. The molecule has 0 saturated heterocycles.